The number of hydrogen-bond acceptors (Lipinski definition) is 7. The van der Waals surface area contributed by atoms with Crippen molar-refractivity contribution in [3.05, 3.63) is 12.4 Å². The number of nitrogens with zero attached hydrogens (tertiary/aromatic N) is 4. The lowest BCUT2D eigenvalue weighted by atomic mass is 10.6. The lowest BCUT2D eigenvalue weighted by molar-refractivity contribution is 0.308. The number of nitriles is 2. The first-order valence-electron chi connectivity index (χ1n) is 4.14. The summed E-state index contributed by atoms with van der Waals surface area (Å²) in [7, 11) is 2.08. The van der Waals surface area contributed by atoms with Crippen molar-refractivity contribution >= 4 is 12.3 Å². The third-order valence-electron chi connectivity index (χ3n) is 1.49. The molecule has 0 spiro atoms. The molecule has 15 heavy (non-hydrogen) atoms. The summed E-state index contributed by atoms with van der Waals surface area (Å²) < 4.78 is 7.70. The van der Waals surface area contributed by atoms with Crippen LogP contribution in [-0.4, -0.2) is 30.1 Å². The fourth-order valence-electron chi connectivity index (χ4n) is 0.842. The van der Waals surface area contributed by atoms with Gasteiger partial charge in [0.2, 0.25) is 0 Å². The molecule has 0 radical (unpaired) electrons. The average Bonchev–Trinajstić information content (AvgIpc) is 2.66. The Labute approximate surface area is 93.7 Å². The Hall–Kier alpha value is -1.73. The van der Waals surface area contributed by atoms with Crippen LogP contribution in [0.1, 0.15) is 6.92 Å². The summed E-state index contributed by atoms with van der Waals surface area (Å²) in [6.07, 6.45) is 6.78. The maximum absolute atomic E-state index is 7.61. The van der Waals surface area contributed by atoms with Gasteiger partial charge >= 0.3 is 24.8 Å². The van der Waals surface area contributed by atoms with Crippen LogP contribution < -0.4 is 0 Å². The van der Waals surface area contributed by atoms with Crippen molar-refractivity contribution in [2.45, 2.75) is 6.92 Å². The van der Waals surface area contributed by atoms with Crippen LogP contribution in [0.25, 0.3) is 0 Å². The van der Waals surface area contributed by atoms with Crippen molar-refractivity contribution in [1.29, 1.82) is 10.5 Å². The lowest BCUT2D eigenvalue weighted by Crippen LogP contribution is -2.21. The topological polar surface area (TPSA) is 72.5 Å². The van der Waals surface area contributed by atoms with Crippen molar-refractivity contribution in [2.24, 2.45) is 0 Å². The summed E-state index contributed by atoms with van der Waals surface area (Å²) in [6, 6.07) is 0. The average molecular weight is 228 g/mol. The zero-order valence-corrected chi connectivity index (χ0v) is 9.40. The molecule has 0 saturated carbocycles. The minimum absolute atomic E-state index is 0.331. The van der Waals surface area contributed by atoms with Crippen LogP contribution in [-0.2, 0) is 8.37 Å². The molecule has 1 rings (SSSR count). The van der Waals surface area contributed by atoms with Crippen LogP contribution in [0.15, 0.2) is 12.4 Å². The van der Waals surface area contributed by atoms with Crippen LogP contribution >= 0.6 is 12.3 Å². The molecular weight excluding hydrogens is 216 g/mol. The molecule has 0 unspecified atom stereocenters. The smallest absolute Gasteiger partial charge is 0.316 e. The van der Waals surface area contributed by atoms with Gasteiger partial charge in [0.15, 0.2) is 0 Å². The molecule has 0 fully saturated rings. The first kappa shape index (κ1) is 13.3. The normalized spacial score (nSPS) is 12.3. The third kappa shape index (κ3) is 7.35. The second-order valence-electron chi connectivity index (χ2n) is 2.52. The van der Waals surface area contributed by atoms with Crippen LogP contribution in [0.3, 0.4) is 0 Å². The van der Waals surface area contributed by atoms with Crippen molar-refractivity contribution < 1.29 is 8.37 Å². The van der Waals surface area contributed by atoms with E-state index in [2.05, 4.69) is 44.5 Å². The van der Waals surface area contributed by atoms with Gasteiger partial charge < -0.3 is 18.2 Å². The monoisotopic (exact) mass is 228 g/mol. The first-order valence-corrected chi connectivity index (χ1v) is 4.81. The first-order chi connectivity index (χ1) is 7.24. The Morgan fingerprint density at radius 2 is 1.93 bits per heavy atom. The molecule has 0 atom stereocenters. The minimum Gasteiger partial charge on any atom is -0.362 e. The molecule has 1 aliphatic heterocycles. The molecule has 0 N–H and O–H groups in total. The van der Waals surface area contributed by atoms with Crippen LogP contribution in [0.4, 0.5) is 0 Å². The molecule has 7 heteroatoms. The molecule has 0 aliphatic carbocycles. The highest BCUT2D eigenvalue weighted by Crippen LogP contribution is 2.01. The highest BCUT2D eigenvalue weighted by Gasteiger charge is 2.03. The highest BCUT2D eigenvalue weighted by atomic mass is 32.2. The fourth-order valence-corrected chi connectivity index (χ4v) is 0.937. The zero-order valence-electron chi connectivity index (χ0n) is 8.58. The number of rotatable bonds is 3. The molecule has 0 bridgehead atoms. The molecule has 1 heterocycles. The highest BCUT2D eigenvalue weighted by molar-refractivity contribution is 7.90. The molecule has 0 saturated heterocycles. The van der Waals surface area contributed by atoms with E-state index in [0.717, 1.165) is 13.2 Å². The fraction of sp³-hybridized carbons (Fsp3) is 0.500. The maximum Gasteiger partial charge on any atom is 0.316 e. The quantitative estimate of drug-likeness (QED) is 0.408. The SMILES string of the molecule is CCN1C=CN(C)C1.N#COSOC#N. The van der Waals surface area contributed by atoms with E-state index in [9.17, 15) is 0 Å². The molecule has 0 aromatic rings. The minimum atomic E-state index is 0.331. The summed E-state index contributed by atoms with van der Waals surface area (Å²) >= 11 is 0.331. The summed E-state index contributed by atoms with van der Waals surface area (Å²) in [5, 5.41) is 15.2. The molecule has 1 aliphatic rings. The van der Waals surface area contributed by atoms with E-state index in [1.165, 1.54) is 12.5 Å². The predicted octanol–water partition coefficient (Wildman–Crippen LogP) is 1.23. The van der Waals surface area contributed by atoms with Gasteiger partial charge in [0, 0.05) is 26.0 Å². The van der Waals surface area contributed by atoms with E-state index in [-0.39, 0.29) is 0 Å². The second kappa shape index (κ2) is 8.85. The van der Waals surface area contributed by atoms with Gasteiger partial charge in [-0.3, -0.25) is 0 Å². The van der Waals surface area contributed by atoms with Gasteiger partial charge in [-0.2, -0.15) is 0 Å². The van der Waals surface area contributed by atoms with Gasteiger partial charge in [0.05, 0.1) is 6.67 Å². The Bertz CT molecular complexity index is 257. The van der Waals surface area contributed by atoms with E-state index in [1.807, 2.05) is 0 Å². The van der Waals surface area contributed by atoms with E-state index >= 15 is 0 Å². The van der Waals surface area contributed by atoms with Crippen molar-refractivity contribution in [1.82, 2.24) is 9.80 Å². The molecule has 82 valence electrons. The van der Waals surface area contributed by atoms with E-state index in [4.69, 9.17) is 10.5 Å². The van der Waals surface area contributed by atoms with Crippen molar-refractivity contribution in [3.8, 4) is 12.5 Å². The van der Waals surface area contributed by atoms with Gasteiger partial charge in [0.25, 0.3) is 0 Å². The summed E-state index contributed by atoms with van der Waals surface area (Å²) in [5.41, 5.74) is 0. The lowest BCUT2D eigenvalue weighted by Gasteiger charge is -2.14. The van der Waals surface area contributed by atoms with E-state index in [1.54, 1.807) is 0 Å². The largest absolute Gasteiger partial charge is 0.362 e. The van der Waals surface area contributed by atoms with Gasteiger partial charge in [-0.1, -0.05) is 0 Å². The van der Waals surface area contributed by atoms with E-state index < -0.39 is 0 Å². The summed E-state index contributed by atoms with van der Waals surface area (Å²) in [4.78, 5) is 4.41. The molecule has 0 aromatic heterocycles. The second-order valence-corrected chi connectivity index (χ2v) is 2.99. The van der Waals surface area contributed by atoms with E-state index in [0.29, 0.717) is 12.3 Å². The Morgan fingerprint density at radius 1 is 1.33 bits per heavy atom. The molecule has 0 amide bonds. The predicted molar refractivity (Wildman–Crippen MR) is 55.1 cm³/mol. The van der Waals surface area contributed by atoms with Crippen LogP contribution in [0.5, 0.6) is 0 Å². The van der Waals surface area contributed by atoms with Gasteiger partial charge in [-0.05, 0) is 6.92 Å². The Balaban J connectivity index is 0.000000265. The summed E-state index contributed by atoms with van der Waals surface area (Å²) in [6.45, 7) is 4.32. The zero-order chi connectivity index (χ0) is 11.5. The van der Waals surface area contributed by atoms with Gasteiger partial charge in [0.1, 0.15) is 0 Å². The van der Waals surface area contributed by atoms with Crippen molar-refractivity contribution in [2.75, 3.05) is 20.3 Å². The van der Waals surface area contributed by atoms with Gasteiger partial charge in [-0.15, -0.1) is 10.5 Å². The molecule has 6 nitrogen and oxygen atoms in total. The standard InChI is InChI=1S/C6H12N2.C2N2O2S/c1-3-8-5-4-7(2)6-8;3-1-5-7-6-2-4/h4-5H,3,6H2,1-2H3;. The van der Waals surface area contributed by atoms with Crippen LogP contribution in [0, 0.1) is 23.0 Å². The number of hydrogen-bond donors (Lipinski definition) is 0. The van der Waals surface area contributed by atoms with Gasteiger partial charge in [-0.25, -0.2) is 0 Å². The maximum atomic E-state index is 7.61. The summed E-state index contributed by atoms with van der Waals surface area (Å²) in [5.74, 6) is 0. The van der Waals surface area contributed by atoms with Crippen molar-refractivity contribution in [3.63, 3.8) is 0 Å². The Morgan fingerprint density at radius 3 is 2.20 bits per heavy atom. The molecular formula is C8H12N4O2S. The third-order valence-corrected chi connectivity index (χ3v) is 1.77. The molecule has 0 aromatic carbocycles. The Kier molecular flexibility index (Phi) is 7.83. The van der Waals surface area contributed by atoms with Crippen LogP contribution in [0.2, 0.25) is 0 Å².